The Hall–Kier alpha value is -1.35. The summed E-state index contributed by atoms with van der Waals surface area (Å²) >= 11 is 0. The molecule has 1 atom stereocenters. The number of Topliss-reactive ketones (excluding diaryl/α,β-unsaturated/α-hetero) is 1. The van der Waals surface area contributed by atoms with Crippen LogP contribution in [0.25, 0.3) is 0 Å². The molecule has 3 nitrogen and oxygen atoms in total. The maximum atomic E-state index is 12.2. The van der Waals surface area contributed by atoms with Gasteiger partial charge in [0.2, 0.25) is 0 Å². The second-order valence-electron chi connectivity index (χ2n) is 5.06. The molecule has 0 saturated carbocycles. The van der Waals surface area contributed by atoms with Gasteiger partial charge in [0.25, 0.3) is 0 Å². The Morgan fingerprint density at radius 2 is 1.85 bits per heavy atom. The van der Waals surface area contributed by atoms with E-state index in [0.29, 0.717) is 6.61 Å². The van der Waals surface area contributed by atoms with Crippen molar-refractivity contribution in [3.63, 3.8) is 0 Å². The molecular formula is C17H27NO2. The Kier molecular flexibility index (Phi) is 7.97. The van der Waals surface area contributed by atoms with Crippen LogP contribution in [0.3, 0.4) is 0 Å². The van der Waals surface area contributed by atoms with Crippen LogP contribution < -0.4 is 10.1 Å². The Labute approximate surface area is 122 Å². The van der Waals surface area contributed by atoms with Gasteiger partial charge in [-0.2, -0.15) is 0 Å². The predicted octanol–water partition coefficient (Wildman–Crippen LogP) is 3.83. The maximum Gasteiger partial charge on any atom is 0.179 e. The number of hydrogen-bond donors (Lipinski definition) is 1. The highest BCUT2D eigenvalue weighted by Gasteiger charge is 2.14. The van der Waals surface area contributed by atoms with Gasteiger partial charge in [-0.15, -0.1) is 0 Å². The first-order valence-corrected chi connectivity index (χ1v) is 7.69. The van der Waals surface area contributed by atoms with Crippen molar-refractivity contribution in [2.45, 2.75) is 52.5 Å². The van der Waals surface area contributed by atoms with E-state index in [1.165, 1.54) is 19.3 Å². The first-order valence-electron chi connectivity index (χ1n) is 7.69. The SMILES string of the molecule is CCCCCCNC(C)C(=O)c1ccc(OCC)cc1. The van der Waals surface area contributed by atoms with Crippen LogP contribution in [0.2, 0.25) is 0 Å². The molecule has 112 valence electrons. The summed E-state index contributed by atoms with van der Waals surface area (Å²) in [6.45, 7) is 7.63. The number of rotatable bonds is 10. The van der Waals surface area contributed by atoms with Crippen LogP contribution in [-0.4, -0.2) is 25.0 Å². The van der Waals surface area contributed by atoms with Gasteiger partial charge in [-0.3, -0.25) is 4.79 Å². The van der Waals surface area contributed by atoms with Gasteiger partial charge in [0.05, 0.1) is 12.6 Å². The molecule has 0 bridgehead atoms. The second-order valence-corrected chi connectivity index (χ2v) is 5.06. The number of ketones is 1. The number of carbonyl (C=O) groups excluding carboxylic acids is 1. The van der Waals surface area contributed by atoms with Crippen molar-refractivity contribution >= 4 is 5.78 Å². The minimum atomic E-state index is -0.130. The number of unbranched alkanes of at least 4 members (excludes halogenated alkanes) is 3. The molecule has 0 aromatic heterocycles. The largest absolute Gasteiger partial charge is 0.494 e. The zero-order valence-corrected chi connectivity index (χ0v) is 12.9. The summed E-state index contributed by atoms with van der Waals surface area (Å²) in [5, 5.41) is 3.30. The number of hydrogen-bond acceptors (Lipinski definition) is 3. The normalized spacial score (nSPS) is 12.2. The highest BCUT2D eigenvalue weighted by Crippen LogP contribution is 2.13. The molecule has 0 fully saturated rings. The summed E-state index contributed by atoms with van der Waals surface area (Å²) in [6.07, 6.45) is 4.87. The summed E-state index contributed by atoms with van der Waals surface area (Å²) < 4.78 is 5.38. The van der Waals surface area contributed by atoms with E-state index in [2.05, 4.69) is 12.2 Å². The lowest BCUT2D eigenvalue weighted by molar-refractivity contribution is 0.0951. The monoisotopic (exact) mass is 277 g/mol. The average Bonchev–Trinajstić information content (AvgIpc) is 2.47. The van der Waals surface area contributed by atoms with Crippen molar-refractivity contribution in [3.8, 4) is 5.75 Å². The lowest BCUT2D eigenvalue weighted by atomic mass is 10.1. The van der Waals surface area contributed by atoms with Crippen molar-refractivity contribution in [1.29, 1.82) is 0 Å². The fraction of sp³-hybridized carbons (Fsp3) is 0.588. The van der Waals surface area contributed by atoms with E-state index in [-0.39, 0.29) is 11.8 Å². The van der Waals surface area contributed by atoms with Crippen molar-refractivity contribution in [3.05, 3.63) is 29.8 Å². The standard InChI is InChI=1S/C17H27NO2/c1-4-6-7-8-13-18-14(3)17(19)15-9-11-16(12-10-15)20-5-2/h9-12,14,18H,4-8,13H2,1-3H3. The van der Waals surface area contributed by atoms with Crippen molar-refractivity contribution in [1.82, 2.24) is 5.32 Å². The fourth-order valence-corrected chi connectivity index (χ4v) is 2.10. The fourth-order valence-electron chi connectivity index (χ4n) is 2.10. The van der Waals surface area contributed by atoms with Crippen LogP contribution in [0.5, 0.6) is 5.75 Å². The Morgan fingerprint density at radius 1 is 1.15 bits per heavy atom. The molecule has 1 aromatic rings. The van der Waals surface area contributed by atoms with Crippen LogP contribution in [0, 0.1) is 0 Å². The van der Waals surface area contributed by atoms with Crippen LogP contribution in [0.15, 0.2) is 24.3 Å². The second kappa shape index (κ2) is 9.54. The van der Waals surface area contributed by atoms with E-state index in [9.17, 15) is 4.79 Å². The lowest BCUT2D eigenvalue weighted by Gasteiger charge is -2.13. The lowest BCUT2D eigenvalue weighted by Crippen LogP contribution is -2.34. The van der Waals surface area contributed by atoms with Gasteiger partial charge in [-0.1, -0.05) is 26.2 Å². The summed E-state index contributed by atoms with van der Waals surface area (Å²) in [5.74, 6) is 0.952. The molecule has 0 spiro atoms. The zero-order valence-electron chi connectivity index (χ0n) is 12.9. The quantitative estimate of drug-likeness (QED) is 0.522. The molecule has 0 heterocycles. The van der Waals surface area contributed by atoms with Gasteiger partial charge in [-0.05, 0) is 51.1 Å². The first kappa shape index (κ1) is 16.7. The molecular weight excluding hydrogens is 250 g/mol. The molecule has 1 N–H and O–H groups in total. The number of benzene rings is 1. The molecule has 0 aliphatic rings. The maximum absolute atomic E-state index is 12.2. The Morgan fingerprint density at radius 3 is 2.45 bits per heavy atom. The van der Waals surface area contributed by atoms with E-state index in [4.69, 9.17) is 4.74 Å². The highest BCUT2D eigenvalue weighted by molar-refractivity contribution is 5.99. The third kappa shape index (κ3) is 5.74. The predicted molar refractivity (Wildman–Crippen MR) is 83.5 cm³/mol. The van der Waals surface area contributed by atoms with E-state index < -0.39 is 0 Å². The van der Waals surface area contributed by atoms with Crippen LogP contribution in [0.1, 0.15) is 56.8 Å². The molecule has 3 heteroatoms. The summed E-state index contributed by atoms with van der Waals surface area (Å²) in [7, 11) is 0. The van der Waals surface area contributed by atoms with Gasteiger partial charge < -0.3 is 10.1 Å². The van der Waals surface area contributed by atoms with Gasteiger partial charge in [0.15, 0.2) is 5.78 Å². The number of carbonyl (C=O) groups is 1. The van der Waals surface area contributed by atoms with E-state index in [1.807, 2.05) is 38.1 Å². The minimum absolute atomic E-state index is 0.130. The molecule has 0 aliphatic carbocycles. The van der Waals surface area contributed by atoms with Gasteiger partial charge in [-0.25, -0.2) is 0 Å². The van der Waals surface area contributed by atoms with Crippen LogP contribution >= 0.6 is 0 Å². The van der Waals surface area contributed by atoms with Crippen LogP contribution in [-0.2, 0) is 0 Å². The summed E-state index contributed by atoms with van der Waals surface area (Å²) in [6, 6.07) is 7.25. The molecule has 1 aromatic carbocycles. The molecule has 1 rings (SSSR count). The molecule has 0 radical (unpaired) electrons. The Bertz CT molecular complexity index is 386. The molecule has 0 saturated heterocycles. The van der Waals surface area contributed by atoms with Crippen molar-refractivity contribution < 1.29 is 9.53 Å². The third-order valence-corrected chi connectivity index (χ3v) is 3.32. The molecule has 0 aliphatic heterocycles. The molecule has 1 unspecified atom stereocenters. The Balaban J connectivity index is 2.39. The van der Waals surface area contributed by atoms with Crippen molar-refractivity contribution in [2.75, 3.05) is 13.2 Å². The van der Waals surface area contributed by atoms with E-state index >= 15 is 0 Å². The molecule has 20 heavy (non-hydrogen) atoms. The summed E-state index contributed by atoms with van der Waals surface area (Å²) in [4.78, 5) is 12.2. The molecule has 0 amide bonds. The zero-order chi connectivity index (χ0) is 14.8. The number of nitrogens with one attached hydrogen (secondary N) is 1. The van der Waals surface area contributed by atoms with Gasteiger partial charge >= 0.3 is 0 Å². The smallest absolute Gasteiger partial charge is 0.179 e. The highest BCUT2D eigenvalue weighted by atomic mass is 16.5. The van der Waals surface area contributed by atoms with Crippen LogP contribution in [0.4, 0.5) is 0 Å². The number of ether oxygens (including phenoxy) is 1. The van der Waals surface area contributed by atoms with Gasteiger partial charge in [0, 0.05) is 5.56 Å². The van der Waals surface area contributed by atoms with E-state index in [0.717, 1.165) is 24.3 Å². The first-order chi connectivity index (χ1) is 9.69. The van der Waals surface area contributed by atoms with Gasteiger partial charge in [0.1, 0.15) is 5.75 Å². The third-order valence-electron chi connectivity index (χ3n) is 3.32. The van der Waals surface area contributed by atoms with Crippen molar-refractivity contribution in [2.24, 2.45) is 0 Å². The average molecular weight is 277 g/mol. The minimum Gasteiger partial charge on any atom is -0.494 e. The summed E-state index contributed by atoms with van der Waals surface area (Å²) in [5.41, 5.74) is 0.738. The van der Waals surface area contributed by atoms with E-state index in [1.54, 1.807) is 0 Å². The topological polar surface area (TPSA) is 38.3 Å².